The van der Waals surface area contributed by atoms with E-state index < -0.39 is 21.8 Å². The first-order valence-corrected chi connectivity index (χ1v) is 12.6. The van der Waals surface area contributed by atoms with Crippen LogP contribution in [0.5, 0.6) is 17.2 Å². The van der Waals surface area contributed by atoms with E-state index in [1.165, 1.54) is 54.8 Å². The maximum absolute atomic E-state index is 14.4. The van der Waals surface area contributed by atoms with Crippen molar-refractivity contribution in [1.82, 2.24) is 4.98 Å². The highest BCUT2D eigenvalue weighted by Gasteiger charge is 2.18. The smallest absolute Gasteiger partial charge is 0.309 e. The standard InChI is InChI=1S/C22H21FN2O7S2/c1-31-19-5-3-4-17(23)22(19)32-18-7-6-14(25-34(2,29)30)8-13(18)9-16(26)11-20-24-15(12-33-20)10-21(27)28/h3-8,12,25H,9-11H2,1-2H3,(H,27,28). The Bertz CT molecular complexity index is 1320. The minimum absolute atomic E-state index is 0.0591. The van der Waals surface area contributed by atoms with Crippen molar-refractivity contribution in [3.8, 4) is 17.2 Å². The van der Waals surface area contributed by atoms with Gasteiger partial charge in [-0.3, -0.25) is 14.3 Å². The lowest BCUT2D eigenvalue weighted by Gasteiger charge is -2.15. The van der Waals surface area contributed by atoms with Crippen LogP contribution in [0, 0.1) is 5.82 Å². The molecule has 180 valence electrons. The predicted octanol–water partition coefficient (Wildman–Crippen LogP) is 3.44. The number of thiazole rings is 1. The maximum atomic E-state index is 14.4. The number of sulfonamides is 1. The summed E-state index contributed by atoms with van der Waals surface area (Å²) in [6, 6.07) is 8.45. The fourth-order valence-electron chi connectivity index (χ4n) is 3.06. The van der Waals surface area contributed by atoms with E-state index in [2.05, 4.69) is 9.71 Å². The molecule has 0 fully saturated rings. The Labute approximate surface area is 199 Å². The molecular formula is C22H21FN2O7S2. The predicted molar refractivity (Wildman–Crippen MR) is 124 cm³/mol. The number of ether oxygens (including phenoxy) is 2. The summed E-state index contributed by atoms with van der Waals surface area (Å²) >= 11 is 1.17. The molecule has 0 saturated carbocycles. The number of methoxy groups -OCH3 is 1. The normalized spacial score (nSPS) is 11.1. The van der Waals surface area contributed by atoms with Crippen LogP contribution in [0.1, 0.15) is 16.3 Å². The number of carbonyl (C=O) groups is 2. The summed E-state index contributed by atoms with van der Waals surface area (Å²) in [7, 11) is -2.22. The molecule has 1 aromatic heterocycles. The van der Waals surface area contributed by atoms with Crippen molar-refractivity contribution in [2.45, 2.75) is 19.3 Å². The van der Waals surface area contributed by atoms with Gasteiger partial charge in [-0.2, -0.15) is 0 Å². The molecule has 0 atom stereocenters. The summed E-state index contributed by atoms with van der Waals surface area (Å²) in [4.78, 5) is 27.7. The molecule has 9 nitrogen and oxygen atoms in total. The highest BCUT2D eigenvalue weighted by molar-refractivity contribution is 7.92. The second kappa shape index (κ2) is 10.6. The number of ketones is 1. The molecule has 0 spiro atoms. The quantitative estimate of drug-likeness (QED) is 0.403. The number of nitrogens with zero attached hydrogens (tertiary/aromatic N) is 1. The molecule has 0 aliphatic rings. The Morgan fingerprint density at radius 2 is 1.91 bits per heavy atom. The van der Waals surface area contributed by atoms with Gasteiger partial charge >= 0.3 is 5.97 Å². The molecule has 2 N–H and O–H groups in total. The minimum Gasteiger partial charge on any atom is -0.493 e. The SMILES string of the molecule is COc1cccc(F)c1Oc1ccc(NS(C)(=O)=O)cc1CC(=O)Cc1nc(CC(=O)O)cs1. The van der Waals surface area contributed by atoms with Crippen LogP contribution in [0.4, 0.5) is 10.1 Å². The molecule has 0 unspecified atom stereocenters. The van der Waals surface area contributed by atoms with E-state index in [1.54, 1.807) is 5.38 Å². The van der Waals surface area contributed by atoms with E-state index in [0.29, 0.717) is 16.3 Å². The van der Waals surface area contributed by atoms with Gasteiger partial charge in [0.2, 0.25) is 15.8 Å². The fourth-order valence-corrected chi connectivity index (χ4v) is 4.44. The number of aromatic nitrogens is 1. The van der Waals surface area contributed by atoms with Gasteiger partial charge in [-0.05, 0) is 30.3 Å². The summed E-state index contributed by atoms with van der Waals surface area (Å²) < 4.78 is 50.9. The maximum Gasteiger partial charge on any atom is 0.309 e. The number of aliphatic carboxylic acids is 1. The third kappa shape index (κ3) is 6.99. The van der Waals surface area contributed by atoms with Crippen LogP contribution in [0.2, 0.25) is 0 Å². The van der Waals surface area contributed by atoms with E-state index in [0.717, 1.165) is 6.26 Å². The summed E-state index contributed by atoms with van der Waals surface area (Å²) in [5, 5.41) is 10.9. The number of Topliss-reactive ketones (excluding diaryl/α,β-unsaturated/α-hetero) is 1. The summed E-state index contributed by atoms with van der Waals surface area (Å²) in [6.45, 7) is 0. The van der Waals surface area contributed by atoms with Gasteiger partial charge in [-0.15, -0.1) is 11.3 Å². The van der Waals surface area contributed by atoms with Crippen LogP contribution in [-0.4, -0.2) is 43.6 Å². The van der Waals surface area contributed by atoms with Gasteiger partial charge in [0.25, 0.3) is 0 Å². The number of hydrogen-bond acceptors (Lipinski definition) is 8. The van der Waals surface area contributed by atoms with Crippen molar-refractivity contribution in [1.29, 1.82) is 0 Å². The number of anilines is 1. The Hall–Kier alpha value is -3.51. The lowest BCUT2D eigenvalue weighted by atomic mass is 10.1. The zero-order valence-corrected chi connectivity index (χ0v) is 19.8. The number of carboxylic acids is 1. The van der Waals surface area contributed by atoms with Crippen LogP contribution < -0.4 is 14.2 Å². The first-order valence-electron chi connectivity index (χ1n) is 9.82. The average Bonchev–Trinajstić information content (AvgIpc) is 3.15. The zero-order valence-electron chi connectivity index (χ0n) is 18.2. The fraction of sp³-hybridized carbons (Fsp3) is 0.227. The number of carbonyl (C=O) groups excluding carboxylic acids is 1. The number of hydrogen-bond donors (Lipinski definition) is 2. The number of benzene rings is 2. The van der Waals surface area contributed by atoms with Gasteiger partial charge in [-0.25, -0.2) is 17.8 Å². The zero-order chi connectivity index (χ0) is 24.9. The molecule has 0 aliphatic heterocycles. The Morgan fingerprint density at radius 3 is 2.59 bits per heavy atom. The number of rotatable bonds is 11. The van der Waals surface area contributed by atoms with Crippen LogP contribution >= 0.6 is 11.3 Å². The minimum atomic E-state index is -3.58. The first-order chi connectivity index (χ1) is 16.0. The molecule has 0 aliphatic carbocycles. The van der Waals surface area contributed by atoms with Crippen molar-refractivity contribution in [3.63, 3.8) is 0 Å². The van der Waals surface area contributed by atoms with E-state index >= 15 is 0 Å². The molecule has 3 aromatic rings. The molecule has 0 bridgehead atoms. The highest BCUT2D eigenvalue weighted by atomic mass is 32.2. The lowest BCUT2D eigenvalue weighted by Crippen LogP contribution is -2.11. The molecule has 1 heterocycles. The van der Waals surface area contributed by atoms with Crippen molar-refractivity contribution in [2.24, 2.45) is 0 Å². The second-order valence-electron chi connectivity index (χ2n) is 7.27. The van der Waals surface area contributed by atoms with Gasteiger partial charge in [-0.1, -0.05) is 6.07 Å². The van der Waals surface area contributed by atoms with E-state index in [4.69, 9.17) is 14.6 Å². The third-order valence-electron chi connectivity index (χ3n) is 4.39. The molecule has 3 rings (SSSR count). The first kappa shape index (κ1) is 25.1. The van der Waals surface area contributed by atoms with Crippen LogP contribution in [0.25, 0.3) is 0 Å². The number of para-hydroxylation sites is 1. The van der Waals surface area contributed by atoms with Crippen LogP contribution in [0.3, 0.4) is 0 Å². The summed E-state index contributed by atoms with van der Waals surface area (Å²) in [5.74, 6) is -1.88. The van der Waals surface area contributed by atoms with Crippen LogP contribution in [-0.2, 0) is 38.9 Å². The number of halogens is 1. The van der Waals surface area contributed by atoms with Crippen molar-refractivity contribution in [3.05, 3.63) is 63.9 Å². The van der Waals surface area contributed by atoms with E-state index in [9.17, 15) is 22.4 Å². The Balaban J connectivity index is 1.88. The van der Waals surface area contributed by atoms with Crippen molar-refractivity contribution < 1.29 is 37.0 Å². The van der Waals surface area contributed by atoms with Gasteiger partial charge < -0.3 is 14.6 Å². The summed E-state index contributed by atoms with van der Waals surface area (Å²) in [5.41, 5.74) is 0.873. The van der Waals surface area contributed by atoms with Gasteiger partial charge in [0.1, 0.15) is 16.5 Å². The monoisotopic (exact) mass is 508 g/mol. The molecule has 0 radical (unpaired) electrons. The summed E-state index contributed by atoms with van der Waals surface area (Å²) in [6.07, 6.45) is 0.520. The van der Waals surface area contributed by atoms with E-state index in [1.807, 2.05) is 0 Å². The Morgan fingerprint density at radius 1 is 1.15 bits per heavy atom. The van der Waals surface area contributed by atoms with Gasteiger partial charge in [0.15, 0.2) is 11.6 Å². The molecule has 0 amide bonds. The largest absolute Gasteiger partial charge is 0.493 e. The number of carboxylic acid groups (broad SMARTS) is 1. The highest BCUT2D eigenvalue weighted by Crippen LogP contribution is 2.36. The van der Waals surface area contributed by atoms with Crippen molar-refractivity contribution in [2.75, 3.05) is 18.1 Å². The molecule has 34 heavy (non-hydrogen) atoms. The average molecular weight is 509 g/mol. The van der Waals surface area contributed by atoms with Gasteiger partial charge in [0, 0.05) is 23.1 Å². The third-order valence-corrected chi connectivity index (χ3v) is 5.90. The molecular weight excluding hydrogens is 487 g/mol. The Kier molecular flexibility index (Phi) is 7.84. The van der Waals surface area contributed by atoms with Crippen molar-refractivity contribution >= 4 is 38.8 Å². The van der Waals surface area contributed by atoms with Crippen LogP contribution in [0.15, 0.2) is 41.8 Å². The number of nitrogens with one attached hydrogen (secondary N) is 1. The van der Waals surface area contributed by atoms with Gasteiger partial charge in [0.05, 0.1) is 31.9 Å². The second-order valence-corrected chi connectivity index (χ2v) is 9.96. The molecule has 0 saturated heterocycles. The van der Waals surface area contributed by atoms with E-state index in [-0.39, 0.29) is 48.0 Å². The lowest BCUT2D eigenvalue weighted by molar-refractivity contribution is -0.136. The molecule has 2 aromatic carbocycles. The molecule has 12 heteroatoms. The topological polar surface area (TPSA) is 132 Å².